The molecule has 1 aromatic heterocycles. The van der Waals surface area contributed by atoms with Crippen molar-refractivity contribution in [2.45, 2.75) is 50.7 Å². The Balaban J connectivity index is 1.37. The Kier molecular flexibility index (Phi) is 6.26. The lowest BCUT2D eigenvalue weighted by atomic mass is 9.73. The maximum Gasteiger partial charge on any atom is 0.325 e. The number of carbonyl (C=O) groups excluding carboxylic acids is 3. The second-order valence-corrected chi connectivity index (χ2v) is 9.52. The predicted molar refractivity (Wildman–Crippen MR) is 120 cm³/mol. The Morgan fingerprint density at radius 2 is 1.91 bits per heavy atom. The molecule has 2 unspecified atom stereocenters. The standard InChI is InChI=1S/C24H28FN5O5/c1-15-20(28-35-27-15)21(31)29-10-8-17(9-11-29)24(13-16-4-6-18(25)7-5-16)22(32)30(23(33)26-24)14-19-3-2-12-34-19/h4-7,17,19H,2-3,8-14H2,1H3,(H,26,33). The van der Waals surface area contributed by atoms with Gasteiger partial charge in [0.05, 0.1) is 12.6 Å². The second-order valence-electron chi connectivity index (χ2n) is 9.52. The summed E-state index contributed by atoms with van der Waals surface area (Å²) >= 11 is 0. The van der Waals surface area contributed by atoms with Crippen LogP contribution >= 0.6 is 0 Å². The fourth-order valence-electron chi connectivity index (χ4n) is 5.42. The van der Waals surface area contributed by atoms with Crippen molar-refractivity contribution in [3.8, 4) is 0 Å². The Labute approximate surface area is 201 Å². The summed E-state index contributed by atoms with van der Waals surface area (Å²) in [6.45, 7) is 3.29. The van der Waals surface area contributed by atoms with E-state index in [1.807, 2.05) is 0 Å². The number of piperidine rings is 1. The summed E-state index contributed by atoms with van der Waals surface area (Å²) in [4.78, 5) is 42.6. The highest BCUT2D eigenvalue weighted by Gasteiger charge is 2.56. The first kappa shape index (κ1) is 23.4. The number of ether oxygens (including phenoxy) is 1. The number of urea groups is 1. The number of amides is 4. The van der Waals surface area contributed by atoms with Gasteiger partial charge in [-0.3, -0.25) is 14.5 Å². The lowest BCUT2D eigenvalue weighted by Gasteiger charge is -2.41. The van der Waals surface area contributed by atoms with Crippen molar-refractivity contribution in [1.29, 1.82) is 0 Å². The minimum absolute atomic E-state index is 0.162. The molecule has 10 nitrogen and oxygen atoms in total. The topological polar surface area (TPSA) is 118 Å². The minimum Gasteiger partial charge on any atom is -0.376 e. The van der Waals surface area contributed by atoms with E-state index in [0.29, 0.717) is 38.2 Å². The van der Waals surface area contributed by atoms with Gasteiger partial charge in [-0.15, -0.1) is 0 Å². The minimum atomic E-state index is -1.17. The summed E-state index contributed by atoms with van der Waals surface area (Å²) < 4.78 is 23.9. The number of imide groups is 1. The quantitative estimate of drug-likeness (QED) is 0.623. The SMILES string of the molecule is Cc1nonc1C(=O)N1CCC(C2(Cc3ccc(F)cc3)NC(=O)N(CC3CCCO3)C2=O)CC1. The Morgan fingerprint density at radius 1 is 1.17 bits per heavy atom. The van der Waals surface area contributed by atoms with Crippen molar-refractivity contribution in [2.24, 2.45) is 5.92 Å². The molecule has 1 N–H and O–H groups in total. The molecule has 0 saturated carbocycles. The number of aromatic nitrogens is 2. The van der Waals surface area contributed by atoms with Crippen LogP contribution in [0.2, 0.25) is 0 Å². The van der Waals surface area contributed by atoms with E-state index in [1.54, 1.807) is 24.0 Å². The van der Waals surface area contributed by atoms with Gasteiger partial charge in [-0.25, -0.2) is 13.8 Å². The monoisotopic (exact) mass is 485 g/mol. The summed E-state index contributed by atoms with van der Waals surface area (Å²) in [6, 6.07) is 5.54. The van der Waals surface area contributed by atoms with E-state index in [9.17, 15) is 18.8 Å². The van der Waals surface area contributed by atoms with Gasteiger partial charge in [-0.2, -0.15) is 0 Å². The van der Waals surface area contributed by atoms with E-state index in [0.717, 1.165) is 18.4 Å². The van der Waals surface area contributed by atoms with Crippen LogP contribution < -0.4 is 5.32 Å². The van der Waals surface area contributed by atoms with Gasteiger partial charge in [0.1, 0.15) is 17.1 Å². The second kappa shape index (κ2) is 9.37. The number of benzene rings is 1. The third-order valence-corrected chi connectivity index (χ3v) is 7.34. The van der Waals surface area contributed by atoms with Gasteiger partial charge in [0.25, 0.3) is 11.8 Å². The normalized spacial score (nSPS) is 25.4. The first-order valence-corrected chi connectivity index (χ1v) is 12.0. The number of hydrogen-bond donors (Lipinski definition) is 1. The van der Waals surface area contributed by atoms with Crippen LogP contribution in [0.15, 0.2) is 28.9 Å². The molecule has 0 bridgehead atoms. The number of carbonyl (C=O) groups is 3. The summed E-state index contributed by atoms with van der Waals surface area (Å²) in [5.41, 5.74) is 0.181. The van der Waals surface area contributed by atoms with Crippen molar-refractivity contribution in [3.05, 3.63) is 47.0 Å². The van der Waals surface area contributed by atoms with Gasteiger partial charge in [0.2, 0.25) is 0 Å². The summed E-state index contributed by atoms with van der Waals surface area (Å²) in [7, 11) is 0. The number of halogens is 1. The largest absolute Gasteiger partial charge is 0.376 e. The Bertz CT molecular complexity index is 1110. The maximum atomic E-state index is 13.8. The highest BCUT2D eigenvalue weighted by Crippen LogP contribution is 2.37. The molecule has 3 aliphatic rings. The maximum absolute atomic E-state index is 13.8. The van der Waals surface area contributed by atoms with Crippen LogP contribution in [0.1, 0.15) is 47.4 Å². The van der Waals surface area contributed by atoms with Gasteiger partial charge in [0.15, 0.2) is 5.69 Å². The van der Waals surface area contributed by atoms with E-state index in [-0.39, 0.29) is 48.3 Å². The predicted octanol–water partition coefficient (Wildman–Crippen LogP) is 2.08. The van der Waals surface area contributed by atoms with Gasteiger partial charge < -0.3 is 15.0 Å². The molecular weight excluding hydrogens is 457 g/mol. The van der Waals surface area contributed by atoms with Crippen molar-refractivity contribution in [3.63, 3.8) is 0 Å². The van der Waals surface area contributed by atoms with E-state index in [4.69, 9.17) is 4.74 Å². The molecule has 3 saturated heterocycles. The molecule has 3 aliphatic heterocycles. The zero-order chi connectivity index (χ0) is 24.6. The van der Waals surface area contributed by atoms with Crippen molar-refractivity contribution < 1.29 is 28.1 Å². The number of hydrogen-bond acceptors (Lipinski definition) is 7. The Hall–Kier alpha value is -3.34. The molecule has 2 aromatic rings. The van der Waals surface area contributed by atoms with Crippen molar-refractivity contribution in [1.82, 2.24) is 25.4 Å². The fraction of sp³-hybridized carbons (Fsp3) is 0.542. The number of aryl methyl sites for hydroxylation is 1. The van der Waals surface area contributed by atoms with Crippen molar-refractivity contribution >= 4 is 17.8 Å². The fourth-order valence-corrected chi connectivity index (χ4v) is 5.42. The molecule has 4 heterocycles. The highest BCUT2D eigenvalue weighted by molar-refractivity contribution is 6.07. The number of likely N-dealkylation sites (tertiary alicyclic amines) is 1. The summed E-state index contributed by atoms with van der Waals surface area (Å²) in [5.74, 6) is -1.13. The Morgan fingerprint density at radius 3 is 2.54 bits per heavy atom. The van der Waals surface area contributed by atoms with Gasteiger partial charge in [-0.1, -0.05) is 17.3 Å². The molecule has 11 heteroatoms. The molecule has 2 atom stereocenters. The van der Waals surface area contributed by atoms with E-state index >= 15 is 0 Å². The lowest BCUT2D eigenvalue weighted by molar-refractivity contribution is -0.135. The smallest absolute Gasteiger partial charge is 0.325 e. The highest BCUT2D eigenvalue weighted by atomic mass is 19.1. The number of nitrogens with one attached hydrogen (secondary N) is 1. The molecule has 1 aromatic carbocycles. The zero-order valence-corrected chi connectivity index (χ0v) is 19.5. The molecule has 0 radical (unpaired) electrons. The van der Waals surface area contributed by atoms with Crippen molar-refractivity contribution in [2.75, 3.05) is 26.2 Å². The van der Waals surface area contributed by atoms with E-state index in [2.05, 4.69) is 20.3 Å². The average molecular weight is 486 g/mol. The molecule has 186 valence electrons. The van der Waals surface area contributed by atoms with Crippen LogP contribution in [0, 0.1) is 18.7 Å². The molecular formula is C24H28FN5O5. The number of nitrogens with zero attached hydrogens (tertiary/aromatic N) is 4. The summed E-state index contributed by atoms with van der Waals surface area (Å²) in [6.07, 6.45) is 2.81. The van der Waals surface area contributed by atoms with Crippen LogP contribution in [0.5, 0.6) is 0 Å². The third kappa shape index (κ3) is 4.40. The number of rotatable bonds is 6. The van der Waals surface area contributed by atoms with Crippen LogP contribution in [0.3, 0.4) is 0 Å². The van der Waals surface area contributed by atoms with Gasteiger partial charge in [-0.05, 0) is 61.4 Å². The van der Waals surface area contributed by atoms with E-state index in [1.165, 1.54) is 17.0 Å². The van der Waals surface area contributed by atoms with Crippen LogP contribution in [-0.2, 0) is 16.0 Å². The molecule has 3 fully saturated rings. The average Bonchev–Trinajstić information content (AvgIpc) is 3.58. The van der Waals surface area contributed by atoms with Crippen LogP contribution in [0.25, 0.3) is 0 Å². The van der Waals surface area contributed by atoms with Gasteiger partial charge in [0, 0.05) is 26.1 Å². The van der Waals surface area contributed by atoms with Crippen LogP contribution in [-0.4, -0.2) is 75.8 Å². The van der Waals surface area contributed by atoms with Crippen LogP contribution in [0.4, 0.5) is 9.18 Å². The third-order valence-electron chi connectivity index (χ3n) is 7.34. The first-order valence-electron chi connectivity index (χ1n) is 12.0. The van der Waals surface area contributed by atoms with E-state index < -0.39 is 11.6 Å². The molecule has 4 amide bonds. The molecule has 5 rings (SSSR count). The lowest BCUT2D eigenvalue weighted by Crippen LogP contribution is -2.58. The summed E-state index contributed by atoms with van der Waals surface area (Å²) in [5, 5.41) is 10.4. The molecule has 0 aliphatic carbocycles. The molecule has 35 heavy (non-hydrogen) atoms. The van der Waals surface area contributed by atoms with Gasteiger partial charge >= 0.3 is 6.03 Å². The zero-order valence-electron chi connectivity index (χ0n) is 19.5. The molecule has 0 spiro atoms. The first-order chi connectivity index (χ1) is 16.9.